The summed E-state index contributed by atoms with van der Waals surface area (Å²) in [6.45, 7) is 4.66. The Hall–Kier alpha value is -1.59. The summed E-state index contributed by atoms with van der Waals surface area (Å²) in [5.74, 6) is 0.724. The molecule has 2 atom stereocenters. The van der Waals surface area contributed by atoms with Gasteiger partial charge in [0.25, 0.3) is 0 Å². The Morgan fingerprint density at radius 2 is 2.00 bits per heavy atom. The molecular formula is C16H26N2O3. The first-order chi connectivity index (χ1) is 10.0. The van der Waals surface area contributed by atoms with Crippen LogP contribution in [-0.2, 0) is 9.53 Å². The van der Waals surface area contributed by atoms with Gasteiger partial charge < -0.3 is 19.7 Å². The molecule has 21 heavy (non-hydrogen) atoms. The van der Waals surface area contributed by atoms with Crippen LogP contribution >= 0.6 is 0 Å². The Morgan fingerprint density at radius 3 is 2.57 bits per heavy atom. The van der Waals surface area contributed by atoms with Gasteiger partial charge in [-0.25, -0.2) is 0 Å². The second-order valence-corrected chi connectivity index (χ2v) is 5.06. The molecule has 0 unspecified atom stereocenters. The molecule has 0 saturated carbocycles. The highest BCUT2D eigenvalue weighted by atomic mass is 16.5. The fourth-order valence-corrected chi connectivity index (χ4v) is 2.18. The summed E-state index contributed by atoms with van der Waals surface area (Å²) < 4.78 is 10.7. The van der Waals surface area contributed by atoms with Crippen molar-refractivity contribution in [3.05, 3.63) is 29.8 Å². The van der Waals surface area contributed by atoms with E-state index in [-0.39, 0.29) is 11.9 Å². The molecule has 0 aliphatic heterocycles. The number of methoxy groups -OCH3 is 1. The van der Waals surface area contributed by atoms with Crippen molar-refractivity contribution in [2.24, 2.45) is 0 Å². The van der Waals surface area contributed by atoms with E-state index < -0.39 is 6.10 Å². The number of hydrogen-bond acceptors (Lipinski definition) is 4. The van der Waals surface area contributed by atoms with Gasteiger partial charge in [-0.05, 0) is 34.0 Å². The van der Waals surface area contributed by atoms with Crippen LogP contribution in [0.5, 0.6) is 5.75 Å². The average Bonchev–Trinajstić information content (AvgIpc) is 2.47. The summed E-state index contributed by atoms with van der Waals surface area (Å²) in [5, 5.41) is 2.94. The van der Waals surface area contributed by atoms with Crippen LogP contribution in [0.1, 0.15) is 25.5 Å². The number of amides is 1. The van der Waals surface area contributed by atoms with Gasteiger partial charge in [0.2, 0.25) is 5.91 Å². The van der Waals surface area contributed by atoms with Gasteiger partial charge in [-0.2, -0.15) is 0 Å². The lowest BCUT2D eigenvalue weighted by Crippen LogP contribution is -2.40. The van der Waals surface area contributed by atoms with Gasteiger partial charge in [0, 0.05) is 18.7 Å². The molecule has 0 fully saturated rings. The van der Waals surface area contributed by atoms with E-state index in [4.69, 9.17) is 9.47 Å². The van der Waals surface area contributed by atoms with Crippen molar-refractivity contribution in [1.29, 1.82) is 0 Å². The maximum Gasteiger partial charge on any atom is 0.248 e. The van der Waals surface area contributed by atoms with Gasteiger partial charge in [0.1, 0.15) is 11.9 Å². The SMILES string of the molecule is CCO[C@H](C)C(=O)NC[C@H](c1ccccc1OC)N(C)C. The van der Waals surface area contributed by atoms with Gasteiger partial charge in [-0.1, -0.05) is 18.2 Å². The van der Waals surface area contributed by atoms with Crippen molar-refractivity contribution >= 4 is 5.91 Å². The normalized spacial score (nSPS) is 13.8. The van der Waals surface area contributed by atoms with E-state index in [0.29, 0.717) is 13.2 Å². The third-order valence-corrected chi connectivity index (χ3v) is 3.38. The van der Waals surface area contributed by atoms with Crippen molar-refractivity contribution in [3.63, 3.8) is 0 Å². The zero-order chi connectivity index (χ0) is 15.8. The Kier molecular flexibility index (Phi) is 7.19. The van der Waals surface area contributed by atoms with E-state index in [0.717, 1.165) is 11.3 Å². The van der Waals surface area contributed by atoms with Gasteiger partial charge >= 0.3 is 0 Å². The third kappa shape index (κ3) is 5.02. The summed E-state index contributed by atoms with van der Waals surface area (Å²) >= 11 is 0. The molecule has 5 heteroatoms. The van der Waals surface area contributed by atoms with Crippen molar-refractivity contribution in [2.75, 3.05) is 34.4 Å². The van der Waals surface area contributed by atoms with E-state index in [9.17, 15) is 4.79 Å². The molecule has 1 rings (SSSR count). The van der Waals surface area contributed by atoms with E-state index in [1.165, 1.54) is 0 Å². The molecule has 1 amide bonds. The van der Waals surface area contributed by atoms with Crippen molar-refractivity contribution in [2.45, 2.75) is 26.0 Å². The molecule has 0 aliphatic rings. The Balaban J connectivity index is 2.77. The van der Waals surface area contributed by atoms with E-state index in [2.05, 4.69) is 10.2 Å². The number of nitrogens with zero attached hydrogens (tertiary/aromatic N) is 1. The first-order valence-electron chi connectivity index (χ1n) is 7.19. The van der Waals surface area contributed by atoms with Crippen LogP contribution in [0.25, 0.3) is 0 Å². The maximum atomic E-state index is 12.0. The first kappa shape index (κ1) is 17.5. The highest BCUT2D eigenvalue weighted by molar-refractivity contribution is 5.80. The minimum Gasteiger partial charge on any atom is -0.496 e. The van der Waals surface area contributed by atoms with Crippen LogP contribution in [0.4, 0.5) is 0 Å². The monoisotopic (exact) mass is 294 g/mol. The van der Waals surface area contributed by atoms with E-state index >= 15 is 0 Å². The van der Waals surface area contributed by atoms with Crippen molar-refractivity contribution in [3.8, 4) is 5.75 Å². The molecule has 0 heterocycles. The second kappa shape index (κ2) is 8.64. The van der Waals surface area contributed by atoms with Crippen molar-refractivity contribution in [1.82, 2.24) is 10.2 Å². The molecular weight excluding hydrogens is 268 g/mol. The Bertz CT molecular complexity index is 449. The molecule has 0 bridgehead atoms. The summed E-state index contributed by atoms with van der Waals surface area (Å²) in [6.07, 6.45) is -0.435. The number of carbonyl (C=O) groups excluding carboxylic acids is 1. The van der Waals surface area contributed by atoms with Crippen LogP contribution in [0.15, 0.2) is 24.3 Å². The molecule has 118 valence electrons. The lowest BCUT2D eigenvalue weighted by molar-refractivity contribution is -0.131. The van der Waals surface area contributed by atoms with Crippen LogP contribution in [-0.4, -0.2) is 51.3 Å². The fourth-order valence-electron chi connectivity index (χ4n) is 2.18. The van der Waals surface area contributed by atoms with Gasteiger partial charge in [0.15, 0.2) is 0 Å². The highest BCUT2D eigenvalue weighted by Crippen LogP contribution is 2.27. The maximum absolute atomic E-state index is 12.0. The molecule has 0 spiro atoms. The molecule has 0 aromatic heterocycles. The molecule has 0 aliphatic carbocycles. The minimum absolute atomic E-state index is 0.0407. The fraction of sp³-hybridized carbons (Fsp3) is 0.562. The predicted octanol–water partition coefficient (Wildman–Crippen LogP) is 1.84. The van der Waals surface area contributed by atoms with Gasteiger partial charge in [0.05, 0.1) is 13.2 Å². The quantitative estimate of drug-likeness (QED) is 0.795. The topological polar surface area (TPSA) is 50.8 Å². The van der Waals surface area contributed by atoms with Crippen molar-refractivity contribution < 1.29 is 14.3 Å². The number of rotatable bonds is 8. The largest absolute Gasteiger partial charge is 0.496 e. The van der Waals surface area contributed by atoms with Gasteiger partial charge in [-0.3, -0.25) is 4.79 Å². The predicted molar refractivity (Wildman–Crippen MR) is 83.5 cm³/mol. The lowest BCUT2D eigenvalue weighted by Gasteiger charge is -2.27. The second-order valence-electron chi connectivity index (χ2n) is 5.06. The molecule has 1 N–H and O–H groups in total. The van der Waals surface area contributed by atoms with E-state index in [1.54, 1.807) is 14.0 Å². The first-order valence-corrected chi connectivity index (χ1v) is 7.19. The summed E-state index contributed by atoms with van der Waals surface area (Å²) in [6, 6.07) is 7.89. The van der Waals surface area contributed by atoms with Gasteiger partial charge in [-0.15, -0.1) is 0 Å². The average molecular weight is 294 g/mol. The minimum atomic E-state index is -0.435. The molecule has 5 nitrogen and oxygen atoms in total. The van der Waals surface area contributed by atoms with E-state index in [1.807, 2.05) is 45.3 Å². The Morgan fingerprint density at radius 1 is 1.33 bits per heavy atom. The number of hydrogen-bond donors (Lipinski definition) is 1. The number of benzene rings is 1. The summed E-state index contributed by atoms with van der Waals surface area (Å²) in [4.78, 5) is 14.0. The van der Waals surface area contributed by atoms with Crippen LogP contribution in [0, 0.1) is 0 Å². The van der Waals surface area contributed by atoms with Crippen LogP contribution < -0.4 is 10.1 Å². The third-order valence-electron chi connectivity index (χ3n) is 3.38. The molecule has 0 saturated heterocycles. The Labute approximate surface area is 127 Å². The highest BCUT2D eigenvalue weighted by Gasteiger charge is 2.20. The summed E-state index contributed by atoms with van der Waals surface area (Å²) in [5.41, 5.74) is 1.05. The molecule has 1 aromatic rings. The van der Waals surface area contributed by atoms with Crippen LogP contribution in [0.3, 0.4) is 0 Å². The molecule has 1 aromatic carbocycles. The summed E-state index contributed by atoms with van der Waals surface area (Å²) in [7, 11) is 5.62. The zero-order valence-corrected chi connectivity index (χ0v) is 13.6. The number of carbonyl (C=O) groups is 1. The smallest absolute Gasteiger partial charge is 0.248 e. The number of ether oxygens (including phenoxy) is 2. The number of nitrogens with one attached hydrogen (secondary N) is 1. The standard InChI is InChI=1S/C16H26N2O3/c1-6-21-12(2)16(19)17-11-14(18(3)4)13-9-7-8-10-15(13)20-5/h7-10,12,14H,6,11H2,1-5H3,(H,17,19)/t12-,14-/m1/s1. The van der Waals surface area contributed by atoms with Crippen LogP contribution in [0.2, 0.25) is 0 Å². The molecule has 0 radical (unpaired) electrons. The number of likely N-dealkylation sites (N-methyl/N-ethyl adjacent to an activating group) is 1. The number of para-hydroxylation sites is 1. The lowest BCUT2D eigenvalue weighted by atomic mass is 10.0. The zero-order valence-electron chi connectivity index (χ0n) is 13.6.